The number of benzene rings is 1. The van der Waals surface area contributed by atoms with Crippen LogP contribution in [0.4, 0.5) is 0 Å². The minimum atomic E-state index is -3.97. The molecule has 0 aliphatic heterocycles. The molecule has 1 N–H and O–H groups in total. The molecule has 7 heteroatoms. The van der Waals surface area contributed by atoms with E-state index in [1.165, 1.54) is 24.3 Å². The molecule has 0 aliphatic rings. The Morgan fingerprint density at radius 2 is 1.88 bits per heavy atom. The number of hydrogen-bond donors (Lipinski definition) is 1. The summed E-state index contributed by atoms with van der Waals surface area (Å²) in [6.07, 6.45) is 0. The number of Topliss-reactive ketones (excluding diaryl/α,β-unsaturated/α-hetero) is 1. The number of aliphatic hydroxyl groups is 1. The Kier molecular flexibility index (Phi) is 4.43. The fourth-order valence-electron chi connectivity index (χ4n) is 0.858. The monoisotopic (exact) mass is 264 g/mol. The summed E-state index contributed by atoms with van der Waals surface area (Å²) >= 11 is 5.59. The van der Waals surface area contributed by atoms with Crippen LogP contribution in [0.1, 0.15) is 0 Å². The Balaban J connectivity index is 2.78. The number of carbonyl (C=O) groups is 1. The van der Waals surface area contributed by atoms with Crippen LogP contribution in [0, 0.1) is 0 Å². The van der Waals surface area contributed by atoms with E-state index in [2.05, 4.69) is 4.18 Å². The van der Waals surface area contributed by atoms with Crippen molar-refractivity contribution in [3.63, 3.8) is 0 Å². The Labute approximate surface area is 97.7 Å². The molecule has 0 heterocycles. The first-order valence-electron chi connectivity index (χ1n) is 4.23. The summed E-state index contributed by atoms with van der Waals surface area (Å²) in [7, 11) is -3.97. The highest BCUT2D eigenvalue weighted by Gasteiger charge is 2.16. The molecule has 88 valence electrons. The van der Waals surface area contributed by atoms with Crippen LogP contribution in [-0.4, -0.2) is 32.5 Å². The number of halogens is 1. The van der Waals surface area contributed by atoms with Gasteiger partial charge in [0.2, 0.25) is 0 Å². The van der Waals surface area contributed by atoms with Gasteiger partial charge < -0.3 is 5.11 Å². The summed E-state index contributed by atoms with van der Waals surface area (Å²) < 4.78 is 27.4. The third-order valence-corrected chi connectivity index (χ3v) is 3.18. The molecule has 0 radical (unpaired) electrons. The number of hydrogen-bond acceptors (Lipinski definition) is 5. The highest BCUT2D eigenvalue weighted by Crippen LogP contribution is 2.15. The van der Waals surface area contributed by atoms with Gasteiger partial charge in [0.25, 0.3) is 10.1 Å². The lowest BCUT2D eigenvalue weighted by Gasteiger charge is -2.03. The molecule has 5 nitrogen and oxygen atoms in total. The Hall–Kier alpha value is -0.950. The number of ketones is 1. The van der Waals surface area contributed by atoms with Crippen LogP contribution < -0.4 is 0 Å². The fourth-order valence-corrected chi connectivity index (χ4v) is 1.88. The third kappa shape index (κ3) is 3.57. The van der Waals surface area contributed by atoms with Gasteiger partial charge in [0.05, 0.1) is 4.90 Å². The minimum absolute atomic E-state index is 0.0948. The number of aliphatic hydroxyl groups excluding tert-OH is 1. The van der Waals surface area contributed by atoms with Crippen molar-refractivity contribution in [2.45, 2.75) is 4.90 Å². The van der Waals surface area contributed by atoms with Gasteiger partial charge in [-0.2, -0.15) is 8.42 Å². The van der Waals surface area contributed by atoms with E-state index >= 15 is 0 Å². The molecule has 0 bridgehead atoms. The maximum absolute atomic E-state index is 11.5. The van der Waals surface area contributed by atoms with Crippen LogP contribution in [0.15, 0.2) is 29.2 Å². The summed E-state index contributed by atoms with van der Waals surface area (Å²) in [5.41, 5.74) is 0. The van der Waals surface area contributed by atoms with Crippen molar-refractivity contribution in [2.75, 3.05) is 13.2 Å². The summed E-state index contributed by atoms with van der Waals surface area (Å²) in [6.45, 7) is -1.43. The first-order chi connectivity index (χ1) is 7.45. The van der Waals surface area contributed by atoms with Gasteiger partial charge in [-0.05, 0) is 24.3 Å². The highest BCUT2D eigenvalue weighted by atomic mass is 35.5. The first kappa shape index (κ1) is 13.1. The second kappa shape index (κ2) is 5.40. The molecule has 0 fully saturated rings. The van der Waals surface area contributed by atoms with E-state index in [1.54, 1.807) is 0 Å². The summed E-state index contributed by atoms with van der Waals surface area (Å²) in [6, 6.07) is 5.32. The van der Waals surface area contributed by atoms with Crippen LogP contribution in [0.3, 0.4) is 0 Å². The highest BCUT2D eigenvalue weighted by molar-refractivity contribution is 7.86. The van der Waals surface area contributed by atoms with Crippen molar-refractivity contribution in [3.05, 3.63) is 29.3 Å². The van der Waals surface area contributed by atoms with Gasteiger partial charge in [-0.25, -0.2) is 0 Å². The second-order valence-corrected chi connectivity index (χ2v) is 4.92. The topological polar surface area (TPSA) is 80.7 Å². The van der Waals surface area contributed by atoms with Crippen LogP contribution in [0.2, 0.25) is 5.02 Å². The van der Waals surface area contributed by atoms with Gasteiger partial charge in [0, 0.05) is 5.02 Å². The molecule has 1 aromatic carbocycles. The molecular weight excluding hydrogens is 256 g/mol. The van der Waals surface area contributed by atoms with Crippen molar-refractivity contribution in [1.82, 2.24) is 0 Å². The molecule has 0 atom stereocenters. The van der Waals surface area contributed by atoms with Gasteiger partial charge >= 0.3 is 0 Å². The predicted octanol–water partition coefficient (Wildman–Crippen LogP) is 0.607. The lowest BCUT2D eigenvalue weighted by Crippen LogP contribution is -2.16. The molecular formula is C9H9ClO5S. The van der Waals surface area contributed by atoms with E-state index in [0.717, 1.165) is 0 Å². The molecule has 0 spiro atoms. The van der Waals surface area contributed by atoms with Crippen LogP contribution in [-0.2, 0) is 19.1 Å². The molecule has 1 rings (SSSR count). The predicted molar refractivity (Wildman–Crippen MR) is 56.7 cm³/mol. The molecule has 0 amide bonds. The molecule has 0 aromatic heterocycles. The molecule has 16 heavy (non-hydrogen) atoms. The standard InChI is InChI=1S/C9H9ClO5S/c10-7-1-3-9(4-2-7)16(13,14)15-6-8(12)5-11/h1-4,11H,5-6H2. The van der Waals surface area contributed by atoms with E-state index in [4.69, 9.17) is 16.7 Å². The van der Waals surface area contributed by atoms with Gasteiger partial charge in [-0.3, -0.25) is 8.98 Å². The number of carbonyl (C=O) groups excluding carboxylic acids is 1. The maximum atomic E-state index is 11.5. The molecule has 0 aliphatic carbocycles. The van der Waals surface area contributed by atoms with Gasteiger partial charge in [0.1, 0.15) is 13.2 Å². The zero-order valence-corrected chi connectivity index (χ0v) is 9.66. The van der Waals surface area contributed by atoms with Crippen LogP contribution in [0.5, 0.6) is 0 Å². The van der Waals surface area contributed by atoms with E-state index in [9.17, 15) is 13.2 Å². The van der Waals surface area contributed by atoms with Crippen molar-refractivity contribution in [3.8, 4) is 0 Å². The summed E-state index contributed by atoms with van der Waals surface area (Å²) in [5.74, 6) is -0.711. The Morgan fingerprint density at radius 1 is 1.31 bits per heavy atom. The van der Waals surface area contributed by atoms with Gasteiger partial charge in [-0.15, -0.1) is 0 Å². The second-order valence-electron chi connectivity index (χ2n) is 2.87. The normalized spacial score (nSPS) is 11.4. The van der Waals surface area contributed by atoms with Crippen molar-refractivity contribution >= 4 is 27.5 Å². The van der Waals surface area contributed by atoms with E-state index < -0.39 is 29.1 Å². The lowest BCUT2D eigenvalue weighted by molar-refractivity contribution is -0.123. The first-order valence-corrected chi connectivity index (χ1v) is 6.02. The third-order valence-electron chi connectivity index (χ3n) is 1.65. The van der Waals surface area contributed by atoms with E-state index in [1.807, 2.05) is 0 Å². The lowest BCUT2D eigenvalue weighted by atomic mass is 10.4. The zero-order chi connectivity index (χ0) is 12.2. The largest absolute Gasteiger partial charge is 0.388 e. The summed E-state index contributed by atoms with van der Waals surface area (Å²) in [4.78, 5) is 10.6. The quantitative estimate of drug-likeness (QED) is 0.788. The van der Waals surface area contributed by atoms with Crippen molar-refractivity contribution < 1.29 is 22.5 Å². The number of rotatable bonds is 5. The molecule has 1 aromatic rings. The molecule has 0 saturated carbocycles. The molecule has 0 saturated heterocycles. The van der Waals surface area contributed by atoms with Gasteiger partial charge in [0.15, 0.2) is 5.78 Å². The SMILES string of the molecule is O=C(CO)COS(=O)(=O)c1ccc(Cl)cc1. The average Bonchev–Trinajstić information content (AvgIpc) is 2.26. The van der Waals surface area contributed by atoms with Gasteiger partial charge in [-0.1, -0.05) is 11.6 Å². The fraction of sp³-hybridized carbons (Fsp3) is 0.222. The smallest absolute Gasteiger partial charge is 0.297 e. The Morgan fingerprint density at radius 3 is 2.38 bits per heavy atom. The van der Waals surface area contributed by atoms with E-state index in [0.29, 0.717) is 5.02 Å². The Bertz CT molecular complexity index is 465. The van der Waals surface area contributed by atoms with E-state index in [-0.39, 0.29) is 4.90 Å². The maximum Gasteiger partial charge on any atom is 0.297 e. The summed E-state index contributed by atoms with van der Waals surface area (Å²) in [5, 5.41) is 8.79. The molecule has 0 unspecified atom stereocenters. The van der Waals surface area contributed by atoms with Crippen molar-refractivity contribution in [2.24, 2.45) is 0 Å². The zero-order valence-electron chi connectivity index (χ0n) is 8.09. The average molecular weight is 265 g/mol. The van der Waals surface area contributed by atoms with Crippen molar-refractivity contribution in [1.29, 1.82) is 0 Å². The van der Waals surface area contributed by atoms with Crippen LogP contribution >= 0.6 is 11.6 Å². The van der Waals surface area contributed by atoms with Crippen LogP contribution in [0.25, 0.3) is 0 Å². The minimum Gasteiger partial charge on any atom is -0.388 e.